The zero-order chi connectivity index (χ0) is 8.95. The molecule has 0 fully saturated rings. The summed E-state index contributed by atoms with van der Waals surface area (Å²) in [6.07, 6.45) is 0.750. The minimum absolute atomic E-state index is 0.750. The molecule has 0 saturated heterocycles. The molecule has 0 spiro atoms. The van der Waals surface area contributed by atoms with Crippen LogP contribution in [0, 0.1) is 0 Å². The van der Waals surface area contributed by atoms with Gasteiger partial charge in [-0.1, -0.05) is 63.5 Å². The van der Waals surface area contributed by atoms with Crippen molar-refractivity contribution in [3.05, 3.63) is 36.4 Å². The Hall–Kier alpha value is -0.715. The van der Waals surface area contributed by atoms with Crippen LogP contribution < -0.4 is 0 Å². The van der Waals surface area contributed by atoms with E-state index in [-0.39, 0.29) is 0 Å². The molecule has 0 unspecified atom stereocenters. The molecule has 1 aromatic rings. The SMILES string of the molecule is CC.[B]CC.c1ccccc1. The van der Waals surface area contributed by atoms with Gasteiger partial charge in [-0.2, -0.15) is 0 Å². The lowest BCUT2D eigenvalue weighted by molar-refractivity contribution is 1.48. The first-order valence-electron chi connectivity index (χ1n) is 4.12. The summed E-state index contributed by atoms with van der Waals surface area (Å²) in [5, 5.41) is 0. The lowest BCUT2D eigenvalue weighted by Gasteiger charge is -1.69. The first-order chi connectivity index (χ1) is 5.41. The summed E-state index contributed by atoms with van der Waals surface area (Å²) in [6.45, 7) is 5.90. The van der Waals surface area contributed by atoms with Crippen molar-refractivity contribution in [3.63, 3.8) is 0 Å². The van der Waals surface area contributed by atoms with Crippen molar-refractivity contribution in [2.75, 3.05) is 0 Å². The van der Waals surface area contributed by atoms with Gasteiger partial charge in [0.15, 0.2) is 0 Å². The zero-order valence-electron chi connectivity index (χ0n) is 7.75. The zero-order valence-corrected chi connectivity index (χ0v) is 7.75. The van der Waals surface area contributed by atoms with Crippen molar-refractivity contribution in [1.82, 2.24) is 0 Å². The largest absolute Gasteiger partial charge is 0.0915 e. The highest BCUT2D eigenvalue weighted by Gasteiger charge is 1.57. The minimum Gasteiger partial charge on any atom is -0.0915 e. The minimum atomic E-state index is 0.750. The Balaban J connectivity index is 0. The second-order valence-corrected chi connectivity index (χ2v) is 1.56. The number of rotatable bonds is 0. The Kier molecular flexibility index (Phi) is 18.9. The van der Waals surface area contributed by atoms with Gasteiger partial charge in [-0.05, 0) is 0 Å². The molecule has 0 atom stereocenters. The topological polar surface area (TPSA) is 0 Å². The second-order valence-electron chi connectivity index (χ2n) is 1.56. The van der Waals surface area contributed by atoms with Crippen LogP contribution in [-0.4, -0.2) is 7.85 Å². The maximum absolute atomic E-state index is 4.85. The third kappa shape index (κ3) is 17.6. The molecular formula is C10H17B. The molecule has 1 heteroatoms. The molecule has 0 amide bonds. The normalized spacial score (nSPS) is 6.45. The van der Waals surface area contributed by atoms with Crippen molar-refractivity contribution in [2.45, 2.75) is 27.1 Å². The smallest absolute Gasteiger partial charge is 0.0649 e. The summed E-state index contributed by atoms with van der Waals surface area (Å²) >= 11 is 0. The highest BCUT2D eigenvalue weighted by Crippen LogP contribution is 1.79. The average Bonchev–Trinajstić information content (AvgIpc) is 2.12. The molecule has 60 valence electrons. The summed E-state index contributed by atoms with van der Waals surface area (Å²) < 4.78 is 0. The number of benzene rings is 1. The fraction of sp³-hybridized carbons (Fsp3) is 0.400. The molecule has 0 nitrogen and oxygen atoms in total. The standard InChI is InChI=1S/C6H6.C2H5B.C2H6/c1-2-4-6-5-3-1;1-2-3;1-2/h1-6H;2H2,1H3;1-2H3. The second kappa shape index (κ2) is 16.1. The Morgan fingerprint density at radius 1 is 0.818 bits per heavy atom. The fourth-order valence-electron chi connectivity index (χ4n) is 0.385. The molecule has 0 heterocycles. The molecule has 0 aliphatic rings. The third-order valence-electron chi connectivity index (χ3n) is 0.667. The van der Waals surface area contributed by atoms with E-state index in [0.717, 1.165) is 6.32 Å². The average molecular weight is 148 g/mol. The predicted molar refractivity (Wildman–Crippen MR) is 54.0 cm³/mol. The van der Waals surface area contributed by atoms with Gasteiger partial charge in [0.05, 0.1) is 7.85 Å². The maximum Gasteiger partial charge on any atom is 0.0649 e. The molecule has 1 rings (SSSR count). The molecule has 11 heavy (non-hydrogen) atoms. The Labute approximate surface area is 72.1 Å². The van der Waals surface area contributed by atoms with Crippen LogP contribution in [0.1, 0.15) is 20.8 Å². The molecule has 0 N–H and O–H groups in total. The van der Waals surface area contributed by atoms with E-state index in [2.05, 4.69) is 0 Å². The van der Waals surface area contributed by atoms with E-state index in [1.807, 2.05) is 57.2 Å². The van der Waals surface area contributed by atoms with Crippen LogP contribution in [0.25, 0.3) is 0 Å². The van der Waals surface area contributed by atoms with E-state index < -0.39 is 0 Å². The quantitative estimate of drug-likeness (QED) is 0.495. The van der Waals surface area contributed by atoms with E-state index in [0.29, 0.717) is 0 Å². The highest BCUT2D eigenvalue weighted by molar-refractivity contribution is 6.08. The Bertz CT molecular complexity index is 87.7. The van der Waals surface area contributed by atoms with Gasteiger partial charge < -0.3 is 0 Å². The van der Waals surface area contributed by atoms with Gasteiger partial charge in [0.1, 0.15) is 0 Å². The predicted octanol–water partition coefficient (Wildman–Crippen LogP) is 3.31. The number of hydrogen-bond acceptors (Lipinski definition) is 0. The molecule has 0 bridgehead atoms. The molecular weight excluding hydrogens is 131 g/mol. The van der Waals surface area contributed by atoms with Crippen LogP contribution in [0.2, 0.25) is 6.32 Å². The molecule has 0 aliphatic carbocycles. The molecule has 0 aromatic heterocycles. The molecule has 0 saturated carbocycles. The lowest BCUT2D eigenvalue weighted by Crippen LogP contribution is -1.47. The fourth-order valence-corrected chi connectivity index (χ4v) is 0.385. The molecule has 0 aliphatic heterocycles. The van der Waals surface area contributed by atoms with Gasteiger partial charge in [-0.15, -0.1) is 0 Å². The van der Waals surface area contributed by atoms with Gasteiger partial charge in [0.2, 0.25) is 0 Å². The monoisotopic (exact) mass is 148 g/mol. The summed E-state index contributed by atoms with van der Waals surface area (Å²) in [7, 11) is 4.85. The summed E-state index contributed by atoms with van der Waals surface area (Å²) in [4.78, 5) is 0. The van der Waals surface area contributed by atoms with E-state index in [1.165, 1.54) is 0 Å². The van der Waals surface area contributed by atoms with E-state index >= 15 is 0 Å². The van der Waals surface area contributed by atoms with Crippen molar-refractivity contribution in [2.24, 2.45) is 0 Å². The van der Waals surface area contributed by atoms with Crippen LogP contribution >= 0.6 is 0 Å². The first-order valence-corrected chi connectivity index (χ1v) is 4.12. The van der Waals surface area contributed by atoms with Crippen molar-refractivity contribution in [1.29, 1.82) is 0 Å². The highest BCUT2D eigenvalue weighted by atomic mass is 13.6. The van der Waals surface area contributed by atoms with Crippen molar-refractivity contribution in [3.8, 4) is 0 Å². The Morgan fingerprint density at radius 3 is 1.00 bits per heavy atom. The van der Waals surface area contributed by atoms with Gasteiger partial charge in [-0.25, -0.2) is 0 Å². The van der Waals surface area contributed by atoms with Gasteiger partial charge >= 0.3 is 0 Å². The van der Waals surface area contributed by atoms with E-state index in [1.54, 1.807) is 0 Å². The Morgan fingerprint density at radius 2 is 0.909 bits per heavy atom. The van der Waals surface area contributed by atoms with Gasteiger partial charge in [0.25, 0.3) is 0 Å². The molecule has 1 aromatic carbocycles. The maximum atomic E-state index is 4.85. The summed E-state index contributed by atoms with van der Waals surface area (Å²) in [5.41, 5.74) is 0. The molecule has 2 radical (unpaired) electrons. The summed E-state index contributed by atoms with van der Waals surface area (Å²) in [6, 6.07) is 12.0. The summed E-state index contributed by atoms with van der Waals surface area (Å²) in [5.74, 6) is 0. The van der Waals surface area contributed by atoms with Crippen molar-refractivity contribution < 1.29 is 0 Å². The van der Waals surface area contributed by atoms with Gasteiger partial charge in [-0.3, -0.25) is 0 Å². The van der Waals surface area contributed by atoms with Crippen LogP contribution in [-0.2, 0) is 0 Å². The van der Waals surface area contributed by atoms with Crippen LogP contribution in [0.4, 0.5) is 0 Å². The van der Waals surface area contributed by atoms with E-state index in [4.69, 9.17) is 7.85 Å². The first kappa shape index (κ1) is 12.9. The number of hydrogen-bond donors (Lipinski definition) is 0. The van der Waals surface area contributed by atoms with Crippen LogP contribution in [0.15, 0.2) is 36.4 Å². The van der Waals surface area contributed by atoms with Crippen molar-refractivity contribution >= 4 is 7.85 Å². The van der Waals surface area contributed by atoms with Gasteiger partial charge in [0, 0.05) is 0 Å². The third-order valence-corrected chi connectivity index (χ3v) is 0.667. The van der Waals surface area contributed by atoms with E-state index in [9.17, 15) is 0 Å². The van der Waals surface area contributed by atoms with Crippen LogP contribution in [0.5, 0.6) is 0 Å². The lowest BCUT2D eigenvalue weighted by atomic mass is 10.1. The van der Waals surface area contributed by atoms with Crippen LogP contribution in [0.3, 0.4) is 0 Å².